The molecular weight excluding hydrogens is 296 g/mol. The monoisotopic (exact) mass is 324 g/mol. The largest absolute Gasteiger partial charge is 0.296 e. The van der Waals surface area contributed by atoms with Crippen molar-refractivity contribution in [3.63, 3.8) is 0 Å². The highest BCUT2D eigenvalue weighted by Crippen LogP contribution is 2.29. The highest BCUT2D eigenvalue weighted by atomic mass is 32.2. The van der Waals surface area contributed by atoms with Gasteiger partial charge in [-0.05, 0) is 49.4 Å². The summed E-state index contributed by atoms with van der Waals surface area (Å²) in [6, 6.07) is 8.06. The lowest BCUT2D eigenvalue weighted by molar-refractivity contribution is 0.239. The van der Waals surface area contributed by atoms with Crippen LogP contribution in [0.25, 0.3) is 0 Å². The van der Waals surface area contributed by atoms with Crippen molar-refractivity contribution in [2.45, 2.75) is 50.6 Å². The van der Waals surface area contributed by atoms with Gasteiger partial charge in [-0.25, -0.2) is 12.7 Å². The molecule has 0 saturated heterocycles. The maximum atomic E-state index is 12.2. The molecular formula is C17H28N2O2S. The molecule has 0 heterocycles. The first-order chi connectivity index (χ1) is 10.3. The minimum absolute atomic E-state index is 0.384. The quantitative estimate of drug-likeness (QED) is 0.738. The van der Waals surface area contributed by atoms with Crippen LogP contribution >= 0.6 is 0 Å². The molecule has 1 aromatic carbocycles. The zero-order valence-corrected chi connectivity index (χ0v) is 14.9. The summed E-state index contributed by atoms with van der Waals surface area (Å²) < 4.78 is 25.8. The fourth-order valence-electron chi connectivity index (χ4n) is 2.50. The van der Waals surface area contributed by atoms with Gasteiger partial charge in [-0.15, -0.1) is 0 Å². The third-order valence-corrected chi connectivity index (χ3v) is 5.93. The van der Waals surface area contributed by atoms with Gasteiger partial charge in [-0.3, -0.25) is 4.90 Å². The molecule has 0 radical (unpaired) electrons. The second-order valence-corrected chi connectivity index (χ2v) is 8.97. The maximum Gasteiger partial charge on any atom is 0.242 e. The number of rotatable bonds is 8. The van der Waals surface area contributed by atoms with Crippen molar-refractivity contribution >= 4 is 10.0 Å². The molecule has 0 spiro atoms. The Kier molecular flexibility index (Phi) is 5.64. The molecule has 0 atom stereocenters. The third kappa shape index (κ3) is 4.54. The molecule has 0 aliphatic heterocycles. The Morgan fingerprint density at radius 3 is 2.45 bits per heavy atom. The van der Waals surface area contributed by atoms with E-state index in [0.717, 1.165) is 18.7 Å². The van der Waals surface area contributed by atoms with Crippen LogP contribution in [0, 0.1) is 5.92 Å². The van der Waals surface area contributed by atoms with E-state index in [-0.39, 0.29) is 0 Å². The van der Waals surface area contributed by atoms with Crippen LogP contribution in [0.15, 0.2) is 29.2 Å². The average molecular weight is 324 g/mol. The minimum Gasteiger partial charge on any atom is -0.296 e. The van der Waals surface area contributed by atoms with E-state index in [9.17, 15) is 8.42 Å². The van der Waals surface area contributed by atoms with Crippen molar-refractivity contribution in [3.05, 3.63) is 29.8 Å². The van der Waals surface area contributed by atoms with Gasteiger partial charge in [-0.2, -0.15) is 0 Å². The van der Waals surface area contributed by atoms with Gasteiger partial charge in [0.05, 0.1) is 4.90 Å². The van der Waals surface area contributed by atoms with Crippen LogP contribution < -0.4 is 0 Å². The van der Waals surface area contributed by atoms with Crippen molar-refractivity contribution in [2.24, 2.45) is 5.92 Å². The van der Waals surface area contributed by atoms with Gasteiger partial charge in [0.2, 0.25) is 10.0 Å². The van der Waals surface area contributed by atoms with Gasteiger partial charge in [-0.1, -0.05) is 26.0 Å². The Morgan fingerprint density at radius 2 is 1.91 bits per heavy atom. The fourth-order valence-corrected chi connectivity index (χ4v) is 3.48. The summed E-state index contributed by atoms with van der Waals surface area (Å²) in [4.78, 5) is 2.89. The molecule has 0 aromatic heterocycles. The van der Waals surface area contributed by atoms with Crippen LogP contribution in [0.4, 0.5) is 0 Å². The zero-order valence-electron chi connectivity index (χ0n) is 14.1. The Labute approximate surface area is 135 Å². The SMILES string of the molecule is CC(C)CCN(Cc1cccc(S(=O)(=O)N(C)C)c1)C1CC1. The molecule has 0 unspecified atom stereocenters. The molecule has 0 amide bonds. The van der Waals surface area contributed by atoms with Gasteiger partial charge in [0.25, 0.3) is 0 Å². The molecule has 1 aliphatic rings. The smallest absolute Gasteiger partial charge is 0.242 e. The number of hydrogen-bond donors (Lipinski definition) is 0. The van der Waals surface area contributed by atoms with E-state index < -0.39 is 10.0 Å². The molecule has 1 aromatic rings. The lowest BCUT2D eigenvalue weighted by atomic mass is 10.1. The van der Waals surface area contributed by atoms with Crippen LogP contribution in [0.5, 0.6) is 0 Å². The van der Waals surface area contributed by atoms with Crippen molar-refractivity contribution in [3.8, 4) is 0 Å². The van der Waals surface area contributed by atoms with E-state index >= 15 is 0 Å². The highest BCUT2D eigenvalue weighted by Gasteiger charge is 2.29. The Morgan fingerprint density at radius 1 is 1.23 bits per heavy atom. The van der Waals surface area contributed by atoms with E-state index in [4.69, 9.17) is 0 Å². The number of hydrogen-bond acceptors (Lipinski definition) is 3. The van der Waals surface area contributed by atoms with Gasteiger partial charge in [0, 0.05) is 26.7 Å². The summed E-state index contributed by atoms with van der Waals surface area (Å²) in [5.74, 6) is 0.696. The maximum absolute atomic E-state index is 12.2. The molecule has 0 N–H and O–H groups in total. The van der Waals surface area contributed by atoms with Gasteiger partial charge < -0.3 is 0 Å². The lowest BCUT2D eigenvalue weighted by Crippen LogP contribution is -2.28. The normalized spacial score (nSPS) is 16.0. The molecule has 1 aliphatic carbocycles. The van der Waals surface area contributed by atoms with Gasteiger partial charge in [0.1, 0.15) is 0 Å². The molecule has 5 heteroatoms. The fraction of sp³-hybridized carbons (Fsp3) is 0.647. The van der Waals surface area contributed by atoms with Gasteiger partial charge in [0.15, 0.2) is 0 Å². The number of benzene rings is 1. The minimum atomic E-state index is -3.35. The first kappa shape index (κ1) is 17.4. The lowest BCUT2D eigenvalue weighted by Gasteiger charge is -2.23. The van der Waals surface area contributed by atoms with E-state index in [1.807, 2.05) is 18.2 Å². The molecule has 2 rings (SSSR count). The van der Waals surface area contributed by atoms with Crippen molar-refractivity contribution in [1.82, 2.24) is 9.21 Å². The third-order valence-electron chi connectivity index (χ3n) is 4.12. The van der Waals surface area contributed by atoms with E-state index in [0.29, 0.717) is 16.9 Å². The molecule has 124 valence electrons. The van der Waals surface area contributed by atoms with Crippen LogP contribution in [0.1, 0.15) is 38.7 Å². The Balaban J connectivity index is 2.11. The summed E-state index contributed by atoms with van der Waals surface area (Å²) in [7, 11) is -0.210. The Bertz CT molecular complexity index is 592. The van der Waals surface area contributed by atoms with Crippen LogP contribution in [-0.4, -0.2) is 44.3 Å². The predicted octanol–water partition coefficient (Wildman–Crippen LogP) is 2.95. The van der Waals surface area contributed by atoms with Crippen LogP contribution in [0.3, 0.4) is 0 Å². The summed E-state index contributed by atoms with van der Waals surface area (Å²) in [5, 5.41) is 0. The van der Waals surface area contributed by atoms with Crippen molar-refractivity contribution in [1.29, 1.82) is 0 Å². The molecule has 0 bridgehead atoms. The zero-order chi connectivity index (χ0) is 16.3. The second-order valence-electron chi connectivity index (χ2n) is 6.82. The van der Waals surface area contributed by atoms with Crippen LogP contribution in [-0.2, 0) is 16.6 Å². The summed E-state index contributed by atoms with van der Waals surface area (Å²) >= 11 is 0. The molecule has 1 fully saturated rings. The van der Waals surface area contributed by atoms with Gasteiger partial charge >= 0.3 is 0 Å². The molecule has 22 heavy (non-hydrogen) atoms. The number of nitrogens with zero attached hydrogens (tertiary/aromatic N) is 2. The van der Waals surface area contributed by atoms with Crippen LogP contribution in [0.2, 0.25) is 0 Å². The summed E-state index contributed by atoms with van der Waals surface area (Å²) in [6.45, 7) is 6.42. The predicted molar refractivity (Wildman–Crippen MR) is 90.2 cm³/mol. The average Bonchev–Trinajstić information content (AvgIpc) is 3.28. The first-order valence-electron chi connectivity index (χ1n) is 8.06. The summed E-state index contributed by atoms with van der Waals surface area (Å²) in [5.41, 5.74) is 1.08. The highest BCUT2D eigenvalue weighted by molar-refractivity contribution is 7.89. The van der Waals surface area contributed by atoms with E-state index in [2.05, 4.69) is 18.7 Å². The van der Waals surface area contributed by atoms with E-state index in [1.54, 1.807) is 20.2 Å². The first-order valence-corrected chi connectivity index (χ1v) is 9.50. The topological polar surface area (TPSA) is 40.6 Å². The standard InChI is InChI=1S/C17H28N2O2S/c1-14(2)10-11-19(16-8-9-16)13-15-6-5-7-17(12-15)22(20,21)18(3)4/h5-7,12,14,16H,8-11,13H2,1-4H3. The Hall–Kier alpha value is -0.910. The molecule has 1 saturated carbocycles. The van der Waals surface area contributed by atoms with Crippen molar-refractivity contribution < 1.29 is 8.42 Å². The van der Waals surface area contributed by atoms with E-state index in [1.165, 1.54) is 23.6 Å². The molecule has 4 nitrogen and oxygen atoms in total. The number of sulfonamides is 1. The van der Waals surface area contributed by atoms with Crippen molar-refractivity contribution in [2.75, 3.05) is 20.6 Å². The summed E-state index contributed by atoms with van der Waals surface area (Å²) in [6.07, 6.45) is 3.73. The second kappa shape index (κ2) is 7.11.